The molecule has 0 spiro atoms. The predicted octanol–water partition coefficient (Wildman–Crippen LogP) is 2.74. The fraction of sp³-hybridized carbons (Fsp3) is 0.294. The van der Waals surface area contributed by atoms with Crippen LogP contribution in [-0.4, -0.2) is 15.5 Å². The van der Waals surface area contributed by atoms with Gasteiger partial charge in [0.15, 0.2) is 0 Å². The summed E-state index contributed by atoms with van der Waals surface area (Å²) in [6.45, 7) is 10.6. The Hall–Kier alpha value is -2.36. The summed E-state index contributed by atoms with van der Waals surface area (Å²) in [4.78, 5) is 16.1. The van der Waals surface area contributed by atoms with Crippen LogP contribution in [0.4, 0.5) is 0 Å². The van der Waals surface area contributed by atoms with E-state index in [-0.39, 0.29) is 5.91 Å². The number of hydrogen-bond acceptors (Lipinski definition) is 2. The van der Waals surface area contributed by atoms with Crippen molar-refractivity contribution in [3.8, 4) is 0 Å². The first-order valence-electron chi connectivity index (χ1n) is 6.99. The molecule has 0 radical (unpaired) electrons. The number of aromatic nitrogens is 2. The van der Waals surface area contributed by atoms with Gasteiger partial charge in [0.05, 0.1) is 12.2 Å². The van der Waals surface area contributed by atoms with Gasteiger partial charge in [-0.1, -0.05) is 36.9 Å². The summed E-state index contributed by atoms with van der Waals surface area (Å²) in [5.74, 6) is 0.820. The molecule has 2 aromatic rings. The molecular formula is C17H21N3O. The molecule has 1 aromatic carbocycles. The fourth-order valence-corrected chi connectivity index (χ4v) is 2.22. The lowest BCUT2D eigenvalue weighted by Gasteiger charge is -2.08. The van der Waals surface area contributed by atoms with Crippen LogP contribution in [-0.2, 0) is 17.9 Å². The standard InChI is InChI=1S/C17H21N3O/c1-12(2)17(21)18-10-16-13(3)20(14(4)19-16)11-15-8-6-5-7-9-15/h5-9H,1,10-11H2,2-4H3,(H,18,21). The van der Waals surface area contributed by atoms with E-state index in [4.69, 9.17) is 0 Å². The summed E-state index contributed by atoms with van der Waals surface area (Å²) in [6, 6.07) is 10.3. The first-order valence-corrected chi connectivity index (χ1v) is 6.99. The molecular weight excluding hydrogens is 262 g/mol. The van der Waals surface area contributed by atoms with E-state index in [0.29, 0.717) is 12.1 Å². The Morgan fingerprint density at radius 2 is 1.95 bits per heavy atom. The molecule has 110 valence electrons. The summed E-state index contributed by atoms with van der Waals surface area (Å²) in [5, 5.41) is 2.83. The highest BCUT2D eigenvalue weighted by Gasteiger charge is 2.12. The smallest absolute Gasteiger partial charge is 0.246 e. The molecule has 1 aromatic heterocycles. The van der Waals surface area contributed by atoms with Crippen LogP contribution in [0.3, 0.4) is 0 Å². The summed E-state index contributed by atoms with van der Waals surface area (Å²) in [7, 11) is 0. The zero-order chi connectivity index (χ0) is 15.4. The van der Waals surface area contributed by atoms with E-state index in [2.05, 4.69) is 33.6 Å². The summed E-state index contributed by atoms with van der Waals surface area (Å²) < 4.78 is 2.16. The van der Waals surface area contributed by atoms with Crippen LogP contribution >= 0.6 is 0 Å². The number of aryl methyl sites for hydroxylation is 1. The number of hydrogen-bond donors (Lipinski definition) is 1. The van der Waals surface area contributed by atoms with Gasteiger partial charge in [-0.15, -0.1) is 0 Å². The van der Waals surface area contributed by atoms with Crippen molar-refractivity contribution in [2.45, 2.75) is 33.9 Å². The van der Waals surface area contributed by atoms with E-state index in [9.17, 15) is 4.79 Å². The van der Waals surface area contributed by atoms with Gasteiger partial charge in [0.1, 0.15) is 5.82 Å². The third kappa shape index (κ3) is 3.60. The second-order valence-electron chi connectivity index (χ2n) is 5.23. The molecule has 0 bridgehead atoms. The molecule has 1 amide bonds. The summed E-state index contributed by atoms with van der Waals surface area (Å²) in [5.41, 5.74) is 3.73. The van der Waals surface area contributed by atoms with Crippen LogP contribution < -0.4 is 5.32 Å². The number of nitrogens with one attached hydrogen (secondary N) is 1. The highest BCUT2D eigenvalue weighted by Crippen LogP contribution is 2.13. The molecule has 0 saturated heterocycles. The number of carbonyl (C=O) groups excluding carboxylic acids is 1. The Balaban J connectivity index is 2.14. The molecule has 4 nitrogen and oxygen atoms in total. The van der Waals surface area contributed by atoms with Gasteiger partial charge in [-0.2, -0.15) is 0 Å². The van der Waals surface area contributed by atoms with Gasteiger partial charge in [-0.25, -0.2) is 4.98 Å². The van der Waals surface area contributed by atoms with Gasteiger partial charge in [0, 0.05) is 17.8 Å². The average Bonchev–Trinajstić information content (AvgIpc) is 2.73. The molecule has 1 heterocycles. The van der Waals surface area contributed by atoms with Crippen LogP contribution in [0.25, 0.3) is 0 Å². The molecule has 0 aliphatic heterocycles. The Kier molecular flexibility index (Phi) is 4.58. The quantitative estimate of drug-likeness (QED) is 0.858. The van der Waals surface area contributed by atoms with Crippen molar-refractivity contribution in [2.24, 2.45) is 0 Å². The molecule has 0 saturated carbocycles. The van der Waals surface area contributed by atoms with Crippen molar-refractivity contribution in [1.82, 2.24) is 14.9 Å². The molecule has 0 aliphatic carbocycles. The predicted molar refractivity (Wildman–Crippen MR) is 83.9 cm³/mol. The zero-order valence-corrected chi connectivity index (χ0v) is 12.8. The Morgan fingerprint density at radius 1 is 1.29 bits per heavy atom. The van der Waals surface area contributed by atoms with Gasteiger partial charge in [-0.05, 0) is 26.3 Å². The van der Waals surface area contributed by atoms with Crippen molar-refractivity contribution in [3.63, 3.8) is 0 Å². The number of amides is 1. The molecule has 0 fully saturated rings. The molecule has 4 heteroatoms. The molecule has 2 rings (SSSR count). The minimum absolute atomic E-state index is 0.135. The minimum atomic E-state index is -0.135. The maximum absolute atomic E-state index is 11.6. The van der Waals surface area contributed by atoms with E-state index < -0.39 is 0 Å². The number of imidazole rings is 1. The molecule has 0 unspecified atom stereocenters. The normalized spacial score (nSPS) is 10.4. The number of nitrogens with zero attached hydrogens (tertiary/aromatic N) is 2. The van der Waals surface area contributed by atoms with Gasteiger partial charge in [-0.3, -0.25) is 4.79 Å². The topological polar surface area (TPSA) is 46.9 Å². The number of carbonyl (C=O) groups is 1. The lowest BCUT2D eigenvalue weighted by atomic mass is 10.2. The van der Waals surface area contributed by atoms with Gasteiger partial charge < -0.3 is 9.88 Å². The van der Waals surface area contributed by atoms with Crippen molar-refractivity contribution < 1.29 is 4.79 Å². The van der Waals surface area contributed by atoms with Gasteiger partial charge >= 0.3 is 0 Å². The molecule has 0 aliphatic rings. The number of rotatable bonds is 5. The maximum Gasteiger partial charge on any atom is 0.246 e. The highest BCUT2D eigenvalue weighted by molar-refractivity contribution is 5.91. The van der Waals surface area contributed by atoms with Crippen molar-refractivity contribution in [1.29, 1.82) is 0 Å². The van der Waals surface area contributed by atoms with Gasteiger partial charge in [0.25, 0.3) is 0 Å². The lowest BCUT2D eigenvalue weighted by molar-refractivity contribution is -0.117. The maximum atomic E-state index is 11.6. The Morgan fingerprint density at radius 3 is 2.57 bits per heavy atom. The molecule has 1 N–H and O–H groups in total. The van der Waals surface area contributed by atoms with Crippen LogP contribution in [0.2, 0.25) is 0 Å². The Labute approximate surface area is 125 Å². The Bertz CT molecular complexity index is 656. The van der Waals surface area contributed by atoms with Crippen molar-refractivity contribution in [2.75, 3.05) is 0 Å². The van der Waals surface area contributed by atoms with E-state index in [1.807, 2.05) is 32.0 Å². The second-order valence-corrected chi connectivity index (χ2v) is 5.23. The first-order chi connectivity index (χ1) is 9.99. The van der Waals surface area contributed by atoms with Gasteiger partial charge in [0.2, 0.25) is 5.91 Å². The fourth-order valence-electron chi connectivity index (χ4n) is 2.22. The lowest BCUT2D eigenvalue weighted by Crippen LogP contribution is -2.23. The zero-order valence-electron chi connectivity index (χ0n) is 12.8. The van der Waals surface area contributed by atoms with E-state index in [0.717, 1.165) is 23.8 Å². The molecule has 0 atom stereocenters. The minimum Gasteiger partial charge on any atom is -0.347 e. The van der Waals surface area contributed by atoms with E-state index in [1.165, 1.54) is 5.56 Å². The van der Waals surface area contributed by atoms with Crippen molar-refractivity contribution in [3.05, 3.63) is 65.3 Å². The summed E-state index contributed by atoms with van der Waals surface area (Å²) >= 11 is 0. The van der Waals surface area contributed by atoms with E-state index >= 15 is 0 Å². The average molecular weight is 283 g/mol. The van der Waals surface area contributed by atoms with Crippen LogP contribution in [0.15, 0.2) is 42.5 Å². The SMILES string of the molecule is C=C(C)C(=O)NCc1nc(C)n(Cc2ccccc2)c1C. The number of benzene rings is 1. The third-order valence-corrected chi connectivity index (χ3v) is 3.50. The van der Waals surface area contributed by atoms with Crippen LogP contribution in [0.1, 0.15) is 29.7 Å². The molecule has 21 heavy (non-hydrogen) atoms. The van der Waals surface area contributed by atoms with Crippen LogP contribution in [0.5, 0.6) is 0 Å². The second kappa shape index (κ2) is 6.39. The summed E-state index contributed by atoms with van der Waals surface area (Å²) in [6.07, 6.45) is 0. The first kappa shape index (κ1) is 15.0. The van der Waals surface area contributed by atoms with E-state index in [1.54, 1.807) is 6.92 Å². The monoisotopic (exact) mass is 283 g/mol. The van der Waals surface area contributed by atoms with Crippen LogP contribution in [0, 0.1) is 13.8 Å². The highest BCUT2D eigenvalue weighted by atomic mass is 16.1. The van der Waals surface area contributed by atoms with Crippen molar-refractivity contribution >= 4 is 5.91 Å². The third-order valence-electron chi connectivity index (χ3n) is 3.50. The largest absolute Gasteiger partial charge is 0.347 e.